The topological polar surface area (TPSA) is 89.3 Å². The second-order valence-corrected chi connectivity index (χ2v) is 6.16. The summed E-state index contributed by atoms with van der Waals surface area (Å²) in [5, 5.41) is 11.4. The molecule has 0 spiro atoms. The number of benzene rings is 1. The fourth-order valence-electron chi connectivity index (χ4n) is 2.11. The van der Waals surface area contributed by atoms with Crippen LogP contribution in [0.5, 0.6) is 5.75 Å². The lowest BCUT2D eigenvalue weighted by molar-refractivity contribution is -0.143. The van der Waals surface area contributed by atoms with E-state index in [4.69, 9.17) is 9.47 Å². The molecular formula is C19H18N2O4S. The lowest BCUT2D eigenvalue weighted by Gasteiger charge is -2.07. The Labute approximate surface area is 155 Å². The van der Waals surface area contributed by atoms with Gasteiger partial charge in [0.25, 0.3) is 0 Å². The first-order valence-electron chi connectivity index (χ1n) is 7.96. The largest absolute Gasteiger partial charge is 0.493 e. The molecule has 2 aromatic rings. The number of ether oxygens (including phenoxy) is 2. The van der Waals surface area contributed by atoms with Crippen LogP contribution in [0, 0.1) is 18.3 Å². The first-order chi connectivity index (χ1) is 12.5. The highest BCUT2D eigenvalue weighted by Crippen LogP contribution is 2.21. The van der Waals surface area contributed by atoms with E-state index in [0.717, 1.165) is 11.3 Å². The van der Waals surface area contributed by atoms with Crippen LogP contribution in [0.3, 0.4) is 0 Å². The summed E-state index contributed by atoms with van der Waals surface area (Å²) in [7, 11) is 0. The van der Waals surface area contributed by atoms with E-state index in [9.17, 15) is 14.9 Å². The van der Waals surface area contributed by atoms with Crippen LogP contribution in [0.15, 0.2) is 35.7 Å². The zero-order valence-electron chi connectivity index (χ0n) is 14.5. The minimum absolute atomic E-state index is 0.409. The molecule has 0 N–H and O–H groups in total. The Bertz CT molecular complexity index is 851. The van der Waals surface area contributed by atoms with Crippen LogP contribution in [0.1, 0.15) is 29.1 Å². The van der Waals surface area contributed by atoms with E-state index in [-0.39, 0.29) is 0 Å². The standard InChI is InChI=1S/C19H18N2O4S/c1-3-24-17-7-5-4-6-14(17)8-9-18(23)25-11-16(22)15(10-20)19-21-13(2)12-26-19/h4-9,12,15H,3,11H2,1-2H3/b9-8+/t15-/m1/s1. The van der Waals surface area contributed by atoms with Crippen LogP contribution in [0.25, 0.3) is 6.08 Å². The molecule has 0 saturated heterocycles. The Morgan fingerprint density at radius 1 is 1.38 bits per heavy atom. The van der Waals surface area contributed by atoms with E-state index < -0.39 is 24.3 Å². The molecule has 0 unspecified atom stereocenters. The average molecular weight is 370 g/mol. The van der Waals surface area contributed by atoms with Crippen molar-refractivity contribution in [1.29, 1.82) is 5.26 Å². The van der Waals surface area contributed by atoms with Crippen molar-refractivity contribution >= 4 is 29.2 Å². The van der Waals surface area contributed by atoms with Crippen molar-refractivity contribution in [2.24, 2.45) is 0 Å². The van der Waals surface area contributed by atoms with E-state index in [0.29, 0.717) is 17.4 Å². The molecule has 1 aromatic heterocycles. The summed E-state index contributed by atoms with van der Waals surface area (Å²) < 4.78 is 10.4. The van der Waals surface area contributed by atoms with E-state index in [2.05, 4.69) is 4.98 Å². The van der Waals surface area contributed by atoms with E-state index in [1.807, 2.05) is 25.1 Å². The molecule has 0 aliphatic rings. The number of hydrogen-bond acceptors (Lipinski definition) is 7. The number of ketones is 1. The molecule has 0 amide bonds. The van der Waals surface area contributed by atoms with Crippen molar-refractivity contribution in [3.05, 3.63) is 52.0 Å². The van der Waals surface area contributed by atoms with Crippen molar-refractivity contribution in [3.63, 3.8) is 0 Å². The van der Waals surface area contributed by atoms with Gasteiger partial charge in [-0.2, -0.15) is 5.26 Å². The minimum Gasteiger partial charge on any atom is -0.493 e. The SMILES string of the molecule is CCOc1ccccc1/C=C/C(=O)OCC(=O)[C@@H](C#N)c1nc(C)cs1. The molecule has 6 nitrogen and oxygen atoms in total. The van der Waals surface area contributed by atoms with E-state index >= 15 is 0 Å². The Balaban J connectivity index is 1.94. The van der Waals surface area contributed by atoms with Gasteiger partial charge in [0.1, 0.15) is 10.8 Å². The van der Waals surface area contributed by atoms with E-state index in [1.165, 1.54) is 17.4 Å². The quantitative estimate of drug-likeness (QED) is 0.523. The number of thiazole rings is 1. The van der Waals surface area contributed by atoms with Crippen LogP contribution in [-0.4, -0.2) is 30.0 Å². The van der Waals surface area contributed by atoms with Gasteiger partial charge in [-0.25, -0.2) is 9.78 Å². The van der Waals surface area contributed by atoms with Crippen molar-refractivity contribution in [2.45, 2.75) is 19.8 Å². The number of hydrogen-bond donors (Lipinski definition) is 0. The monoisotopic (exact) mass is 370 g/mol. The molecule has 1 aromatic carbocycles. The first-order valence-corrected chi connectivity index (χ1v) is 8.84. The predicted molar refractivity (Wildman–Crippen MR) is 97.8 cm³/mol. The molecular weight excluding hydrogens is 352 g/mol. The third-order valence-corrected chi connectivity index (χ3v) is 4.34. The number of aromatic nitrogens is 1. The van der Waals surface area contributed by atoms with Gasteiger partial charge in [0.15, 0.2) is 18.3 Å². The summed E-state index contributed by atoms with van der Waals surface area (Å²) in [6.45, 7) is 3.68. The number of para-hydroxylation sites is 1. The number of nitrogens with zero attached hydrogens (tertiary/aromatic N) is 2. The van der Waals surface area contributed by atoms with Gasteiger partial charge in [-0.1, -0.05) is 18.2 Å². The van der Waals surface area contributed by atoms with Gasteiger partial charge in [0, 0.05) is 22.7 Å². The van der Waals surface area contributed by atoms with Gasteiger partial charge >= 0.3 is 5.97 Å². The molecule has 0 radical (unpaired) electrons. The molecule has 1 heterocycles. The van der Waals surface area contributed by atoms with Gasteiger partial charge in [0.05, 0.1) is 12.7 Å². The van der Waals surface area contributed by atoms with Gasteiger partial charge in [-0.15, -0.1) is 11.3 Å². The van der Waals surface area contributed by atoms with Crippen LogP contribution < -0.4 is 4.74 Å². The van der Waals surface area contributed by atoms with Crippen LogP contribution in [0.2, 0.25) is 0 Å². The number of carbonyl (C=O) groups is 2. The maximum Gasteiger partial charge on any atom is 0.331 e. The Kier molecular flexibility index (Phi) is 7.06. The first kappa shape index (κ1) is 19.3. The molecule has 134 valence electrons. The van der Waals surface area contributed by atoms with Crippen LogP contribution in [0.4, 0.5) is 0 Å². The molecule has 26 heavy (non-hydrogen) atoms. The third-order valence-electron chi connectivity index (χ3n) is 3.31. The lowest BCUT2D eigenvalue weighted by Crippen LogP contribution is -2.19. The van der Waals surface area contributed by atoms with Gasteiger partial charge in [-0.3, -0.25) is 4.79 Å². The highest BCUT2D eigenvalue weighted by Gasteiger charge is 2.24. The summed E-state index contributed by atoms with van der Waals surface area (Å²) in [4.78, 5) is 28.1. The second kappa shape index (κ2) is 9.49. The fraction of sp³-hybridized carbons (Fsp3) is 0.263. The van der Waals surface area contributed by atoms with Gasteiger partial charge < -0.3 is 9.47 Å². The number of rotatable bonds is 8. The number of aryl methyl sites for hydroxylation is 1. The number of esters is 1. The van der Waals surface area contributed by atoms with Crippen molar-refractivity contribution < 1.29 is 19.1 Å². The van der Waals surface area contributed by atoms with Crippen LogP contribution in [-0.2, 0) is 14.3 Å². The average Bonchev–Trinajstić information content (AvgIpc) is 3.06. The summed E-state index contributed by atoms with van der Waals surface area (Å²) >= 11 is 1.24. The molecule has 0 saturated carbocycles. The Morgan fingerprint density at radius 3 is 2.81 bits per heavy atom. The van der Waals surface area contributed by atoms with Crippen molar-refractivity contribution in [3.8, 4) is 11.8 Å². The molecule has 0 aliphatic carbocycles. The Hall–Kier alpha value is -2.98. The normalized spacial score (nSPS) is 11.7. The Morgan fingerprint density at radius 2 is 2.15 bits per heavy atom. The van der Waals surface area contributed by atoms with Crippen LogP contribution >= 0.6 is 11.3 Å². The minimum atomic E-state index is -1.02. The van der Waals surface area contributed by atoms with Crippen molar-refractivity contribution in [1.82, 2.24) is 4.98 Å². The fourth-order valence-corrected chi connectivity index (χ4v) is 2.97. The highest BCUT2D eigenvalue weighted by molar-refractivity contribution is 7.09. The smallest absolute Gasteiger partial charge is 0.331 e. The summed E-state index contributed by atoms with van der Waals surface area (Å²) in [5.74, 6) is -1.54. The second-order valence-electron chi connectivity index (χ2n) is 5.27. The molecule has 1 atom stereocenters. The van der Waals surface area contributed by atoms with Gasteiger partial charge in [0.2, 0.25) is 0 Å². The predicted octanol–water partition coefficient (Wildman–Crippen LogP) is 3.28. The zero-order valence-corrected chi connectivity index (χ0v) is 15.3. The molecule has 0 fully saturated rings. The molecule has 0 aliphatic heterocycles. The molecule has 7 heteroatoms. The highest BCUT2D eigenvalue weighted by atomic mass is 32.1. The van der Waals surface area contributed by atoms with Crippen molar-refractivity contribution in [2.75, 3.05) is 13.2 Å². The molecule has 2 rings (SSSR count). The summed E-state index contributed by atoms with van der Waals surface area (Å²) in [5.41, 5.74) is 1.47. The number of nitriles is 1. The zero-order chi connectivity index (χ0) is 18.9. The molecule has 0 bridgehead atoms. The number of Topliss-reactive ketones (excluding diaryl/α,β-unsaturated/α-hetero) is 1. The summed E-state index contributed by atoms with van der Waals surface area (Å²) in [6.07, 6.45) is 2.78. The maximum absolute atomic E-state index is 12.1. The summed E-state index contributed by atoms with van der Waals surface area (Å²) in [6, 6.07) is 9.17. The third kappa shape index (κ3) is 5.26. The van der Waals surface area contributed by atoms with Gasteiger partial charge in [-0.05, 0) is 26.0 Å². The lowest BCUT2D eigenvalue weighted by atomic mass is 10.1. The van der Waals surface area contributed by atoms with E-state index in [1.54, 1.807) is 30.5 Å². The number of carbonyl (C=O) groups excluding carboxylic acids is 2. The maximum atomic E-state index is 12.1.